The first-order valence-corrected chi connectivity index (χ1v) is 10.7. The van der Waals surface area contributed by atoms with Crippen LogP contribution in [0.5, 0.6) is 5.75 Å². The Balaban J connectivity index is 1.97. The molecule has 0 bridgehead atoms. The fraction of sp³-hybridized carbons (Fsp3) is 0.148. The van der Waals surface area contributed by atoms with E-state index in [4.69, 9.17) is 4.74 Å². The van der Waals surface area contributed by atoms with Crippen LogP contribution in [0.4, 0.5) is 10.2 Å². The average molecular weight is 458 g/mol. The zero-order valence-electron chi connectivity index (χ0n) is 19.3. The van der Waals surface area contributed by atoms with Crippen LogP contribution in [0.15, 0.2) is 71.5 Å². The van der Waals surface area contributed by atoms with Crippen molar-refractivity contribution in [2.75, 3.05) is 12.4 Å². The topological polar surface area (TPSA) is 73.2 Å². The number of amides is 1. The van der Waals surface area contributed by atoms with Crippen molar-refractivity contribution in [1.29, 1.82) is 0 Å². The minimum Gasteiger partial charge on any atom is -0.497 e. The minimum atomic E-state index is -0.488. The van der Waals surface area contributed by atoms with E-state index in [1.165, 1.54) is 24.3 Å². The van der Waals surface area contributed by atoms with Gasteiger partial charge in [-0.05, 0) is 86.0 Å². The van der Waals surface area contributed by atoms with Crippen molar-refractivity contribution in [2.45, 2.75) is 20.8 Å². The van der Waals surface area contributed by atoms with Crippen molar-refractivity contribution < 1.29 is 13.9 Å². The third kappa shape index (κ3) is 4.59. The minimum absolute atomic E-state index is 0.222. The number of benzene rings is 3. The fourth-order valence-corrected chi connectivity index (χ4v) is 3.82. The summed E-state index contributed by atoms with van der Waals surface area (Å²) in [7, 11) is 1.56. The van der Waals surface area contributed by atoms with Crippen molar-refractivity contribution >= 4 is 11.7 Å². The highest BCUT2D eigenvalue weighted by molar-refractivity contribution is 6.05. The Morgan fingerprint density at radius 2 is 1.56 bits per heavy atom. The van der Waals surface area contributed by atoms with Gasteiger partial charge in [0.1, 0.15) is 23.1 Å². The SMILES string of the molecule is COc1ccc(-c2c(NC(=O)c3ccc(F)cc3)n(-c3cc(C)cc(C)c3)nc(C)c2=O)cc1. The van der Waals surface area contributed by atoms with Gasteiger partial charge >= 0.3 is 0 Å². The lowest BCUT2D eigenvalue weighted by Gasteiger charge is -2.19. The van der Waals surface area contributed by atoms with Gasteiger partial charge in [0.2, 0.25) is 5.43 Å². The van der Waals surface area contributed by atoms with E-state index in [2.05, 4.69) is 10.4 Å². The Bertz CT molecular complexity index is 1410. The molecule has 1 amide bonds. The third-order valence-corrected chi connectivity index (χ3v) is 5.42. The fourth-order valence-electron chi connectivity index (χ4n) is 3.82. The van der Waals surface area contributed by atoms with E-state index in [1.54, 1.807) is 43.0 Å². The summed E-state index contributed by atoms with van der Waals surface area (Å²) in [5.41, 5.74) is 3.84. The summed E-state index contributed by atoms with van der Waals surface area (Å²) in [4.78, 5) is 26.4. The molecule has 0 saturated heterocycles. The smallest absolute Gasteiger partial charge is 0.256 e. The Kier molecular flexibility index (Phi) is 6.27. The standard InChI is InChI=1S/C27H24FN3O3/c1-16-13-17(2)15-22(14-16)31-26(29-27(33)20-5-9-21(28)10-6-20)24(25(32)18(3)30-31)19-7-11-23(34-4)12-8-19/h5-15H,1-4H3,(H,29,33). The summed E-state index contributed by atoms with van der Waals surface area (Å²) >= 11 is 0. The van der Waals surface area contributed by atoms with Gasteiger partial charge in [-0.3, -0.25) is 9.59 Å². The van der Waals surface area contributed by atoms with Crippen LogP contribution in [-0.4, -0.2) is 22.8 Å². The van der Waals surface area contributed by atoms with Crippen molar-refractivity contribution in [1.82, 2.24) is 9.78 Å². The highest BCUT2D eigenvalue weighted by atomic mass is 19.1. The van der Waals surface area contributed by atoms with Crippen LogP contribution < -0.4 is 15.5 Å². The predicted octanol–water partition coefficient (Wildman–Crippen LogP) is 5.22. The normalized spacial score (nSPS) is 10.7. The molecular formula is C27H24FN3O3. The van der Waals surface area contributed by atoms with Crippen molar-refractivity contribution in [3.8, 4) is 22.6 Å². The largest absolute Gasteiger partial charge is 0.497 e. The maximum atomic E-state index is 13.4. The average Bonchev–Trinajstić information content (AvgIpc) is 2.81. The molecule has 34 heavy (non-hydrogen) atoms. The number of hydrogen-bond donors (Lipinski definition) is 1. The summed E-state index contributed by atoms with van der Waals surface area (Å²) in [5, 5.41) is 7.37. The maximum absolute atomic E-state index is 13.4. The quantitative estimate of drug-likeness (QED) is 0.446. The predicted molar refractivity (Wildman–Crippen MR) is 130 cm³/mol. The van der Waals surface area contributed by atoms with Crippen LogP contribution in [0.1, 0.15) is 27.2 Å². The first-order chi connectivity index (χ1) is 16.3. The maximum Gasteiger partial charge on any atom is 0.256 e. The molecule has 4 rings (SSSR count). The van der Waals surface area contributed by atoms with Gasteiger partial charge in [-0.25, -0.2) is 9.07 Å². The Hall–Kier alpha value is -4.26. The molecule has 4 aromatic rings. The number of aryl methyl sites for hydroxylation is 3. The van der Waals surface area contributed by atoms with Crippen LogP contribution >= 0.6 is 0 Å². The van der Waals surface area contributed by atoms with E-state index >= 15 is 0 Å². The van der Waals surface area contributed by atoms with Gasteiger partial charge < -0.3 is 10.1 Å². The molecule has 0 spiro atoms. The van der Waals surface area contributed by atoms with E-state index in [0.717, 1.165) is 11.1 Å². The van der Waals surface area contributed by atoms with Crippen LogP contribution in [0.25, 0.3) is 16.8 Å². The number of rotatable bonds is 5. The zero-order valence-corrected chi connectivity index (χ0v) is 19.3. The van der Waals surface area contributed by atoms with Gasteiger partial charge in [-0.15, -0.1) is 0 Å². The second-order valence-corrected chi connectivity index (χ2v) is 8.09. The Morgan fingerprint density at radius 3 is 2.15 bits per heavy atom. The van der Waals surface area contributed by atoms with Crippen LogP contribution in [-0.2, 0) is 0 Å². The second-order valence-electron chi connectivity index (χ2n) is 8.09. The van der Waals surface area contributed by atoms with E-state index in [1.807, 2.05) is 32.0 Å². The molecule has 0 aliphatic heterocycles. The summed E-state index contributed by atoms with van der Waals surface area (Å²) < 4.78 is 20.2. The number of halogens is 1. The van der Waals surface area contributed by atoms with Crippen molar-refractivity contribution in [3.05, 3.63) is 105 Å². The first-order valence-electron chi connectivity index (χ1n) is 10.7. The molecule has 0 fully saturated rings. The molecule has 1 aromatic heterocycles. The van der Waals surface area contributed by atoms with Gasteiger partial charge in [0, 0.05) is 5.56 Å². The summed E-state index contributed by atoms with van der Waals surface area (Å²) in [5.74, 6) is -0.0706. The summed E-state index contributed by atoms with van der Waals surface area (Å²) in [6, 6.07) is 18.1. The molecular weight excluding hydrogens is 433 g/mol. The summed E-state index contributed by atoms with van der Waals surface area (Å²) in [6.45, 7) is 5.57. The van der Waals surface area contributed by atoms with Gasteiger partial charge in [0.25, 0.3) is 5.91 Å². The molecule has 0 aliphatic carbocycles. The molecule has 0 radical (unpaired) electrons. The highest BCUT2D eigenvalue weighted by Gasteiger charge is 2.21. The number of carbonyl (C=O) groups is 1. The van der Waals surface area contributed by atoms with E-state index < -0.39 is 11.7 Å². The lowest BCUT2D eigenvalue weighted by molar-refractivity contribution is 0.102. The molecule has 1 N–H and O–H groups in total. The number of nitrogens with zero attached hydrogens (tertiary/aromatic N) is 2. The lowest BCUT2D eigenvalue weighted by atomic mass is 10.0. The number of aromatic nitrogens is 2. The molecule has 7 heteroatoms. The monoisotopic (exact) mass is 457 g/mol. The van der Waals surface area contributed by atoms with Crippen molar-refractivity contribution in [3.63, 3.8) is 0 Å². The Morgan fingerprint density at radius 1 is 0.941 bits per heavy atom. The molecule has 3 aromatic carbocycles. The number of methoxy groups -OCH3 is 1. The van der Waals surface area contributed by atoms with Crippen LogP contribution in [0.3, 0.4) is 0 Å². The zero-order chi connectivity index (χ0) is 24.4. The third-order valence-electron chi connectivity index (χ3n) is 5.42. The number of ether oxygens (including phenoxy) is 1. The molecule has 0 saturated carbocycles. The molecule has 6 nitrogen and oxygen atoms in total. The number of carbonyl (C=O) groups excluding carboxylic acids is 1. The molecule has 0 aliphatic rings. The Labute approximate surface area is 196 Å². The first kappa shape index (κ1) is 22.9. The second kappa shape index (κ2) is 9.31. The van der Waals surface area contributed by atoms with Crippen LogP contribution in [0, 0.1) is 26.6 Å². The molecule has 0 unspecified atom stereocenters. The van der Waals surface area contributed by atoms with E-state index in [9.17, 15) is 14.0 Å². The molecule has 172 valence electrons. The van der Waals surface area contributed by atoms with Crippen molar-refractivity contribution in [2.24, 2.45) is 0 Å². The lowest BCUT2D eigenvalue weighted by Crippen LogP contribution is -2.25. The summed E-state index contributed by atoms with van der Waals surface area (Å²) in [6.07, 6.45) is 0. The van der Waals surface area contributed by atoms with E-state index in [-0.39, 0.29) is 22.5 Å². The number of anilines is 1. The van der Waals surface area contributed by atoms with Gasteiger partial charge in [-0.2, -0.15) is 5.10 Å². The van der Waals surface area contributed by atoms with Gasteiger partial charge in [-0.1, -0.05) is 18.2 Å². The number of nitrogens with one attached hydrogen (secondary N) is 1. The van der Waals surface area contributed by atoms with E-state index in [0.29, 0.717) is 22.6 Å². The van der Waals surface area contributed by atoms with Gasteiger partial charge in [0.15, 0.2) is 0 Å². The molecule has 1 heterocycles. The number of hydrogen-bond acceptors (Lipinski definition) is 4. The van der Waals surface area contributed by atoms with Gasteiger partial charge in [0.05, 0.1) is 18.4 Å². The molecule has 0 atom stereocenters. The highest BCUT2D eigenvalue weighted by Crippen LogP contribution is 2.29. The van der Waals surface area contributed by atoms with Crippen LogP contribution in [0.2, 0.25) is 0 Å².